The van der Waals surface area contributed by atoms with Crippen molar-refractivity contribution < 1.29 is 14.6 Å². The van der Waals surface area contributed by atoms with E-state index >= 15 is 0 Å². The summed E-state index contributed by atoms with van der Waals surface area (Å²) in [4.78, 5) is 15.1. The number of nitrogens with one attached hydrogen (secondary N) is 1. The number of thiazole rings is 1. The maximum atomic E-state index is 10.7. The Bertz CT molecular complexity index is 863. The van der Waals surface area contributed by atoms with Gasteiger partial charge in [0.15, 0.2) is 0 Å². The van der Waals surface area contributed by atoms with Gasteiger partial charge < -0.3 is 9.84 Å². The van der Waals surface area contributed by atoms with Crippen LogP contribution in [0.25, 0.3) is 10.2 Å². The average molecular weight is 335 g/mol. The Hall–Kier alpha value is -2.31. The van der Waals surface area contributed by atoms with Crippen molar-refractivity contribution in [2.75, 3.05) is 5.32 Å². The number of ether oxygens (including phenoxy) is 1. The highest BCUT2D eigenvalue weighted by Gasteiger charge is 2.09. The summed E-state index contributed by atoms with van der Waals surface area (Å²) < 4.78 is 6.72. The first-order valence-corrected chi connectivity index (χ1v) is 7.54. The largest absolute Gasteiger partial charge is 0.465 e. The van der Waals surface area contributed by atoms with Crippen LogP contribution in [0.1, 0.15) is 5.56 Å². The van der Waals surface area contributed by atoms with Crippen molar-refractivity contribution in [3.8, 4) is 10.9 Å². The molecule has 22 heavy (non-hydrogen) atoms. The molecule has 0 bridgehead atoms. The first kappa shape index (κ1) is 14.6. The van der Waals surface area contributed by atoms with Gasteiger partial charge in [-0.1, -0.05) is 29.0 Å². The standard InChI is InChI=1S/C15H11ClN2O3S/c1-8-2-3-12-13(4-8)22-15(18-12)21-11-6-9(16)5-10(7-11)17-14(19)20/h2-7,17H,1H3,(H,19,20). The summed E-state index contributed by atoms with van der Waals surface area (Å²) in [6.45, 7) is 2.01. The van der Waals surface area contributed by atoms with E-state index in [1.807, 2.05) is 25.1 Å². The zero-order chi connectivity index (χ0) is 15.7. The van der Waals surface area contributed by atoms with E-state index in [0.29, 0.717) is 21.7 Å². The van der Waals surface area contributed by atoms with Gasteiger partial charge in [0.05, 0.1) is 10.2 Å². The number of hydrogen-bond donors (Lipinski definition) is 2. The number of amides is 1. The fourth-order valence-corrected chi connectivity index (χ4v) is 3.13. The maximum Gasteiger partial charge on any atom is 0.409 e. The second-order valence-electron chi connectivity index (χ2n) is 4.66. The molecule has 0 spiro atoms. The van der Waals surface area contributed by atoms with E-state index < -0.39 is 6.09 Å². The number of fused-ring (bicyclic) bond motifs is 1. The lowest BCUT2D eigenvalue weighted by Gasteiger charge is -2.06. The second kappa shape index (κ2) is 5.82. The molecule has 0 saturated carbocycles. The molecule has 0 fully saturated rings. The predicted molar refractivity (Wildman–Crippen MR) is 87.5 cm³/mol. The summed E-state index contributed by atoms with van der Waals surface area (Å²) in [5.41, 5.74) is 2.35. The number of nitrogens with zero attached hydrogens (tertiary/aromatic N) is 1. The van der Waals surface area contributed by atoms with Crippen molar-refractivity contribution in [3.05, 3.63) is 47.0 Å². The molecule has 1 heterocycles. The van der Waals surface area contributed by atoms with Crippen LogP contribution < -0.4 is 10.1 Å². The second-order valence-corrected chi connectivity index (χ2v) is 6.09. The van der Waals surface area contributed by atoms with E-state index in [4.69, 9.17) is 21.4 Å². The van der Waals surface area contributed by atoms with Crippen molar-refractivity contribution in [1.82, 2.24) is 4.98 Å². The lowest BCUT2D eigenvalue weighted by molar-refractivity contribution is 0.210. The van der Waals surface area contributed by atoms with Crippen molar-refractivity contribution in [3.63, 3.8) is 0 Å². The quantitative estimate of drug-likeness (QED) is 0.695. The lowest BCUT2D eigenvalue weighted by atomic mass is 10.2. The maximum absolute atomic E-state index is 10.7. The molecule has 0 unspecified atom stereocenters. The number of rotatable bonds is 3. The predicted octanol–water partition coefficient (Wildman–Crippen LogP) is 5.14. The Kier molecular flexibility index (Phi) is 3.87. The molecule has 0 radical (unpaired) electrons. The number of aryl methyl sites for hydroxylation is 1. The summed E-state index contributed by atoms with van der Waals surface area (Å²) >= 11 is 7.39. The van der Waals surface area contributed by atoms with E-state index in [0.717, 1.165) is 15.8 Å². The minimum Gasteiger partial charge on any atom is -0.465 e. The number of aromatic nitrogens is 1. The molecule has 7 heteroatoms. The van der Waals surface area contributed by atoms with Crippen molar-refractivity contribution in [2.45, 2.75) is 6.92 Å². The molecule has 0 aliphatic rings. The van der Waals surface area contributed by atoms with E-state index in [9.17, 15) is 4.79 Å². The molecule has 3 aromatic rings. The average Bonchev–Trinajstić information content (AvgIpc) is 2.78. The zero-order valence-electron chi connectivity index (χ0n) is 11.5. The topological polar surface area (TPSA) is 71.5 Å². The van der Waals surface area contributed by atoms with Crippen LogP contribution in [0.15, 0.2) is 36.4 Å². The van der Waals surface area contributed by atoms with Gasteiger partial charge >= 0.3 is 6.09 Å². The monoisotopic (exact) mass is 334 g/mol. The van der Waals surface area contributed by atoms with Gasteiger partial charge in [0.2, 0.25) is 0 Å². The minimum atomic E-state index is -1.16. The van der Waals surface area contributed by atoms with Crippen LogP contribution in [0.5, 0.6) is 10.9 Å². The number of benzene rings is 2. The van der Waals surface area contributed by atoms with Crippen LogP contribution in [0, 0.1) is 6.92 Å². The molecule has 0 aliphatic carbocycles. The lowest BCUT2D eigenvalue weighted by Crippen LogP contribution is -2.07. The smallest absolute Gasteiger partial charge is 0.409 e. The Balaban J connectivity index is 1.90. The van der Waals surface area contributed by atoms with E-state index in [-0.39, 0.29) is 0 Å². The number of anilines is 1. The number of carboxylic acid groups (broad SMARTS) is 1. The summed E-state index contributed by atoms with van der Waals surface area (Å²) in [5.74, 6) is 0.423. The van der Waals surface area contributed by atoms with E-state index in [1.165, 1.54) is 17.4 Å². The van der Waals surface area contributed by atoms with Crippen LogP contribution in [0.4, 0.5) is 10.5 Å². The van der Waals surface area contributed by atoms with Crippen LogP contribution >= 0.6 is 22.9 Å². The van der Waals surface area contributed by atoms with Crippen molar-refractivity contribution in [1.29, 1.82) is 0 Å². The molecule has 112 valence electrons. The first-order valence-electron chi connectivity index (χ1n) is 6.35. The fourth-order valence-electron chi connectivity index (χ4n) is 1.97. The van der Waals surface area contributed by atoms with E-state index in [1.54, 1.807) is 12.1 Å². The molecule has 2 aromatic carbocycles. The number of halogens is 1. The van der Waals surface area contributed by atoms with Gasteiger partial charge in [0.1, 0.15) is 5.75 Å². The van der Waals surface area contributed by atoms with Crippen molar-refractivity contribution >= 4 is 44.9 Å². The molecule has 0 aliphatic heterocycles. The van der Waals surface area contributed by atoms with Crippen LogP contribution in [-0.2, 0) is 0 Å². The normalized spacial score (nSPS) is 10.6. The first-order chi connectivity index (χ1) is 10.5. The van der Waals surface area contributed by atoms with Gasteiger partial charge in [0.25, 0.3) is 5.19 Å². The molecule has 0 saturated heterocycles. The summed E-state index contributed by atoms with van der Waals surface area (Å²) in [7, 11) is 0. The highest BCUT2D eigenvalue weighted by molar-refractivity contribution is 7.20. The minimum absolute atomic E-state index is 0.340. The summed E-state index contributed by atoms with van der Waals surface area (Å²) in [5, 5.41) is 11.8. The van der Waals surface area contributed by atoms with Crippen LogP contribution in [0.3, 0.4) is 0 Å². The summed E-state index contributed by atoms with van der Waals surface area (Å²) in [6.07, 6.45) is -1.16. The Morgan fingerprint density at radius 3 is 2.91 bits per heavy atom. The zero-order valence-corrected chi connectivity index (χ0v) is 13.0. The SMILES string of the molecule is Cc1ccc2nc(Oc3cc(Cl)cc(NC(=O)O)c3)sc2c1. The highest BCUT2D eigenvalue weighted by Crippen LogP contribution is 2.34. The summed E-state index contributed by atoms with van der Waals surface area (Å²) in [6, 6.07) is 10.6. The molecular formula is C15H11ClN2O3S. The third kappa shape index (κ3) is 3.29. The van der Waals surface area contributed by atoms with Crippen molar-refractivity contribution in [2.24, 2.45) is 0 Å². The fraction of sp³-hybridized carbons (Fsp3) is 0.0667. The molecule has 2 N–H and O–H groups in total. The number of hydrogen-bond acceptors (Lipinski definition) is 4. The Morgan fingerprint density at radius 1 is 1.32 bits per heavy atom. The van der Waals surface area contributed by atoms with Crippen LogP contribution in [-0.4, -0.2) is 16.2 Å². The van der Waals surface area contributed by atoms with Gasteiger partial charge in [-0.15, -0.1) is 0 Å². The van der Waals surface area contributed by atoms with Gasteiger partial charge in [-0.3, -0.25) is 5.32 Å². The van der Waals surface area contributed by atoms with E-state index in [2.05, 4.69) is 10.3 Å². The molecule has 1 amide bonds. The Labute approximate surface area is 135 Å². The molecule has 3 rings (SSSR count). The molecular weight excluding hydrogens is 324 g/mol. The number of carbonyl (C=O) groups is 1. The molecule has 0 atom stereocenters. The van der Waals surface area contributed by atoms with Gasteiger partial charge in [-0.2, -0.15) is 0 Å². The van der Waals surface area contributed by atoms with Crippen LogP contribution in [0.2, 0.25) is 5.02 Å². The molecule has 5 nitrogen and oxygen atoms in total. The van der Waals surface area contributed by atoms with Gasteiger partial charge in [-0.05, 0) is 36.8 Å². The molecule has 1 aromatic heterocycles. The third-order valence-electron chi connectivity index (χ3n) is 2.85. The third-order valence-corrected chi connectivity index (χ3v) is 3.97. The Morgan fingerprint density at radius 2 is 2.14 bits per heavy atom. The highest BCUT2D eigenvalue weighted by atomic mass is 35.5. The van der Waals surface area contributed by atoms with Gasteiger partial charge in [0, 0.05) is 16.8 Å². The van der Waals surface area contributed by atoms with Gasteiger partial charge in [-0.25, -0.2) is 9.78 Å².